The van der Waals surface area contributed by atoms with Gasteiger partial charge in [0.2, 0.25) is 0 Å². The molecule has 1 saturated carbocycles. The molecule has 0 radical (unpaired) electrons. The second kappa shape index (κ2) is 14.4. The van der Waals surface area contributed by atoms with Crippen molar-refractivity contribution in [2.75, 3.05) is 11.9 Å². The molecular weight excluding hydrogens is 414 g/mol. The smallest absolute Gasteiger partial charge is 0.125 e. The van der Waals surface area contributed by atoms with Crippen molar-refractivity contribution in [3.05, 3.63) is 59.2 Å². The average Bonchev–Trinajstić information content (AvgIpc) is 2.87. The Kier molecular flexibility index (Phi) is 10.7. The lowest BCUT2D eigenvalue weighted by Crippen LogP contribution is -2.10. The van der Waals surface area contributed by atoms with E-state index in [4.69, 9.17) is 4.74 Å². The van der Waals surface area contributed by atoms with Gasteiger partial charge in [0.1, 0.15) is 12.4 Å². The molecule has 1 N–H and O–H groups in total. The van der Waals surface area contributed by atoms with Crippen molar-refractivity contribution in [1.29, 1.82) is 0 Å². The molecule has 2 nitrogen and oxygen atoms in total. The molecular formula is C32H47NO. The van der Waals surface area contributed by atoms with Gasteiger partial charge in [-0.2, -0.15) is 0 Å². The van der Waals surface area contributed by atoms with Gasteiger partial charge in [0.05, 0.1) is 0 Å². The lowest BCUT2D eigenvalue weighted by Gasteiger charge is -2.24. The van der Waals surface area contributed by atoms with Crippen LogP contribution in [0.15, 0.2) is 42.5 Å². The number of fused-ring (bicyclic) bond motifs is 1. The summed E-state index contributed by atoms with van der Waals surface area (Å²) in [5, 5.41) is 3.87. The minimum absolute atomic E-state index is 0.654. The molecule has 34 heavy (non-hydrogen) atoms. The predicted molar refractivity (Wildman–Crippen MR) is 146 cm³/mol. The fourth-order valence-electron chi connectivity index (χ4n) is 5.86. The number of nitrogens with one attached hydrogen (secondary N) is 1. The Labute approximate surface area is 208 Å². The van der Waals surface area contributed by atoms with Crippen molar-refractivity contribution in [2.45, 2.75) is 122 Å². The first-order chi connectivity index (χ1) is 16.9. The Hall–Kier alpha value is -1.96. The number of hydrogen-bond donors (Lipinski definition) is 1. The Balaban J connectivity index is 1.61. The van der Waals surface area contributed by atoms with Crippen molar-refractivity contribution in [1.82, 2.24) is 0 Å². The van der Waals surface area contributed by atoms with Gasteiger partial charge in [-0.25, -0.2) is 0 Å². The van der Waals surface area contributed by atoms with Gasteiger partial charge in [0.25, 0.3) is 0 Å². The van der Waals surface area contributed by atoms with Crippen molar-refractivity contribution in [3.8, 4) is 5.75 Å². The molecule has 0 aromatic heterocycles. The Morgan fingerprint density at radius 2 is 1.29 bits per heavy atom. The summed E-state index contributed by atoms with van der Waals surface area (Å²) in [6.45, 7) is 1.74. The number of benzene rings is 2. The molecule has 0 amide bonds. The van der Waals surface area contributed by atoms with Crippen LogP contribution in [0.3, 0.4) is 0 Å². The van der Waals surface area contributed by atoms with Gasteiger partial charge in [-0.1, -0.05) is 107 Å². The van der Waals surface area contributed by atoms with E-state index in [0.29, 0.717) is 12.5 Å². The van der Waals surface area contributed by atoms with Gasteiger partial charge >= 0.3 is 0 Å². The van der Waals surface area contributed by atoms with Crippen LogP contribution in [0.2, 0.25) is 0 Å². The van der Waals surface area contributed by atoms with E-state index < -0.39 is 0 Å². The standard InChI is InChI=1S/C32H47NO/c1-3-7-14-20-28(21-15-8-4-1)29-24-31-30(22-16-9-5-2-6-10-17-23-33-31)32(25-29)34-26-27-18-12-11-13-19-27/h11-13,18-19,24-25,28,33H,1-10,14-17,20-23,26H2. The number of hydrogen-bond acceptors (Lipinski definition) is 2. The first-order valence-electron chi connectivity index (χ1n) is 14.5. The zero-order valence-electron chi connectivity index (χ0n) is 21.5. The number of rotatable bonds is 4. The maximum absolute atomic E-state index is 6.61. The first kappa shape index (κ1) is 25.1. The average molecular weight is 462 g/mol. The normalized spacial score (nSPS) is 19.6. The van der Waals surface area contributed by atoms with Crippen LogP contribution in [-0.4, -0.2) is 6.54 Å². The van der Waals surface area contributed by atoms with Gasteiger partial charge in [0, 0.05) is 17.8 Å². The molecule has 2 heteroatoms. The van der Waals surface area contributed by atoms with E-state index in [1.807, 2.05) is 0 Å². The largest absolute Gasteiger partial charge is 0.489 e. The maximum Gasteiger partial charge on any atom is 0.125 e. The van der Waals surface area contributed by atoms with Gasteiger partial charge in [-0.3, -0.25) is 0 Å². The third-order valence-electron chi connectivity index (χ3n) is 7.96. The van der Waals surface area contributed by atoms with Gasteiger partial charge < -0.3 is 10.1 Å². The molecule has 4 rings (SSSR count). The van der Waals surface area contributed by atoms with Crippen molar-refractivity contribution >= 4 is 5.69 Å². The summed E-state index contributed by atoms with van der Waals surface area (Å²) in [6.07, 6.45) is 23.0. The summed E-state index contributed by atoms with van der Waals surface area (Å²) in [7, 11) is 0. The molecule has 1 fully saturated rings. The Morgan fingerprint density at radius 1 is 0.676 bits per heavy atom. The van der Waals surface area contributed by atoms with Gasteiger partial charge in [0.15, 0.2) is 0 Å². The second-order valence-electron chi connectivity index (χ2n) is 10.7. The van der Waals surface area contributed by atoms with Crippen LogP contribution in [-0.2, 0) is 13.0 Å². The summed E-state index contributed by atoms with van der Waals surface area (Å²) in [4.78, 5) is 0. The monoisotopic (exact) mass is 461 g/mol. The van der Waals surface area contributed by atoms with E-state index in [2.05, 4.69) is 47.8 Å². The summed E-state index contributed by atoms with van der Waals surface area (Å²) in [5.41, 5.74) is 5.54. The molecule has 1 aliphatic carbocycles. The number of anilines is 1. The van der Waals surface area contributed by atoms with Crippen LogP contribution < -0.4 is 10.1 Å². The highest BCUT2D eigenvalue weighted by Crippen LogP contribution is 2.38. The lowest BCUT2D eigenvalue weighted by molar-refractivity contribution is 0.302. The second-order valence-corrected chi connectivity index (χ2v) is 10.7. The van der Waals surface area contributed by atoms with Crippen LogP contribution >= 0.6 is 0 Å². The molecule has 0 spiro atoms. The topological polar surface area (TPSA) is 21.3 Å². The highest BCUT2D eigenvalue weighted by molar-refractivity contribution is 5.60. The van der Waals surface area contributed by atoms with Crippen molar-refractivity contribution in [3.63, 3.8) is 0 Å². The van der Waals surface area contributed by atoms with E-state index in [1.54, 1.807) is 0 Å². The van der Waals surface area contributed by atoms with E-state index >= 15 is 0 Å². The minimum Gasteiger partial charge on any atom is -0.489 e. The predicted octanol–water partition coefficient (Wildman–Crippen LogP) is 9.57. The molecule has 0 saturated heterocycles. The molecule has 1 aliphatic heterocycles. The van der Waals surface area contributed by atoms with Crippen LogP contribution in [0.4, 0.5) is 5.69 Å². The fraction of sp³-hybridized carbons (Fsp3) is 0.625. The van der Waals surface area contributed by atoms with E-state index in [1.165, 1.54) is 125 Å². The highest BCUT2D eigenvalue weighted by atomic mass is 16.5. The summed E-state index contributed by atoms with van der Waals surface area (Å²) < 4.78 is 6.61. The van der Waals surface area contributed by atoms with E-state index in [0.717, 1.165) is 18.7 Å². The van der Waals surface area contributed by atoms with Crippen LogP contribution in [0.5, 0.6) is 5.75 Å². The molecule has 2 aromatic rings. The molecule has 1 heterocycles. The fourth-order valence-corrected chi connectivity index (χ4v) is 5.86. The maximum atomic E-state index is 6.61. The van der Waals surface area contributed by atoms with Crippen LogP contribution in [0.1, 0.15) is 125 Å². The Morgan fingerprint density at radius 3 is 2.00 bits per heavy atom. The summed E-state index contributed by atoms with van der Waals surface area (Å²) >= 11 is 0. The van der Waals surface area contributed by atoms with Gasteiger partial charge in [-0.05, 0) is 61.3 Å². The highest BCUT2D eigenvalue weighted by Gasteiger charge is 2.19. The van der Waals surface area contributed by atoms with Crippen molar-refractivity contribution < 1.29 is 4.74 Å². The Bertz CT molecular complexity index is 820. The quantitative estimate of drug-likeness (QED) is 0.489. The minimum atomic E-state index is 0.654. The molecule has 186 valence electrons. The first-order valence-corrected chi connectivity index (χ1v) is 14.5. The van der Waals surface area contributed by atoms with E-state index in [9.17, 15) is 0 Å². The zero-order valence-corrected chi connectivity index (χ0v) is 21.5. The van der Waals surface area contributed by atoms with Crippen molar-refractivity contribution in [2.24, 2.45) is 0 Å². The molecule has 2 aromatic carbocycles. The van der Waals surface area contributed by atoms with Crippen LogP contribution in [0.25, 0.3) is 0 Å². The van der Waals surface area contributed by atoms with E-state index in [-0.39, 0.29) is 0 Å². The van der Waals surface area contributed by atoms with Crippen LogP contribution in [0, 0.1) is 0 Å². The molecule has 0 atom stereocenters. The SMILES string of the molecule is c1ccc(COc2cc(C3CCCCCCCCC3)cc3c2CCCCCCCCCN3)cc1. The molecule has 0 unspecified atom stereocenters. The summed E-state index contributed by atoms with van der Waals surface area (Å²) in [5.74, 6) is 1.81. The van der Waals surface area contributed by atoms with Gasteiger partial charge in [-0.15, -0.1) is 0 Å². The zero-order chi connectivity index (χ0) is 23.3. The molecule has 2 aliphatic rings. The third-order valence-corrected chi connectivity index (χ3v) is 7.96. The molecule has 0 bridgehead atoms. The lowest BCUT2D eigenvalue weighted by atomic mass is 9.85. The summed E-state index contributed by atoms with van der Waals surface area (Å²) in [6, 6.07) is 15.6. The number of ether oxygens (including phenoxy) is 1. The third kappa shape index (κ3) is 8.07.